The van der Waals surface area contributed by atoms with E-state index >= 15 is 0 Å². The number of benzene rings is 1. The third-order valence-corrected chi connectivity index (χ3v) is 3.76. The highest BCUT2D eigenvalue weighted by molar-refractivity contribution is 9.10. The Hall–Kier alpha value is -1.23. The van der Waals surface area contributed by atoms with Crippen molar-refractivity contribution in [2.45, 2.75) is 31.6 Å². The zero-order valence-corrected chi connectivity index (χ0v) is 11.0. The molecule has 0 aliphatic heterocycles. The largest absolute Gasteiger partial charge is 0.197 e. The van der Waals surface area contributed by atoms with Gasteiger partial charge in [-0.05, 0) is 41.5 Å². The second-order valence-corrected chi connectivity index (χ2v) is 5.33. The van der Waals surface area contributed by atoms with Crippen molar-refractivity contribution in [3.63, 3.8) is 0 Å². The van der Waals surface area contributed by atoms with Gasteiger partial charge in [0.1, 0.15) is 0 Å². The summed E-state index contributed by atoms with van der Waals surface area (Å²) in [6, 6.07) is 8.07. The van der Waals surface area contributed by atoms with Gasteiger partial charge in [0.15, 0.2) is 5.82 Å². The first-order valence-electron chi connectivity index (χ1n) is 5.89. The van der Waals surface area contributed by atoms with Gasteiger partial charge in [-0.3, -0.25) is 0 Å². The van der Waals surface area contributed by atoms with Gasteiger partial charge in [0.25, 0.3) is 0 Å². The highest BCUT2D eigenvalue weighted by Crippen LogP contribution is 2.33. The van der Waals surface area contributed by atoms with Gasteiger partial charge in [0.05, 0.1) is 5.69 Å². The zero-order valence-electron chi connectivity index (χ0n) is 9.38. The van der Waals surface area contributed by atoms with Crippen LogP contribution >= 0.6 is 15.9 Å². The van der Waals surface area contributed by atoms with Gasteiger partial charge >= 0.3 is 0 Å². The summed E-state index contributed by atoms with van der Waals surface area (Å²) in [4.78, 5) is 0. The van der Waals surface area contributed by atoms with E-state index < -0.39 is 0 Å². The van der Waals surface area contributed by atoms with Crippen molar-refractivity contribution < 1.29 is 0 Å². The van der Waals surface area contributed by atoms with Crippen LogP contribution in [0.4, 0.5) is 0 Å². The Morgan fingerprint density at radius 1 is 1.24 bits per heavy atom. The smallest absolute Gasteiger partial charge is 0.159 e. The first-order chi connectivity index (χ1) is 8.34. The maximum absolute atomic E-state index is 4.19. The first-order valence-corrected chi connectivity index (χ1v) is 6.68. The average molecular weight is 293 g/mol. The number of hydrogen-bond donors (Lipinski definition) is 0. The van der Waals surface area contributed by atoms with Gasteiger partial charge in [0.2, 0.25) is 0 Å². The second-order valence-electron chi connectivity index (χ2n) is 4.41. The van der Waals surface area contributed by atoms with E-state index in [4.69, 9.17) is 0 Å². The van der Waals surface area contributed by atoms with Crippen LogP contribution in [0.5, 0.6) is 0 Å². The van der Waals surface area contributed by atoms with E-state index in [0.717, 1.165) is 16.0 Å². The monoisotopic (exact) mass is 292 g/mol. The maximum atomic E-state index is 4.19. The number of halogens is 1. The lowest BCUT2D eigenvalue weighted by atomic mass is 10.1. The molecule has 0 atom stereocenters. The van der Waals surface area contributed by atoms with Gasteiger partial charge in [-0.25, -0.2) is 0 Å². The SMILES string of the molecule is Brc1cccc(-n2nnnc2C2CCCC2)c1. The molecule has 0 saturated heterocycles. The van der Waals surface area contributed by atoms with Gasteiger partial charge < -0.3 is 0 Å². The number of nitrogens with zero attached hydrogens (tertiary/aromatic N) is 4. The Bertz CT molecular complexity index is 517. The molecule has 0 unspecified atom stereocenters. The third-order valence-electron chi connectivity index (χ3n) is 3.27. The molecular weight excluding hydrogens is 280 g/mol. The lowest BCUT2D eigenvalue weighted by molar-refractivity contribution is 0.636. The molecule has 0 radical (unpaired) electrons. The molecule has 0 spiro atoms. The molecule has 0 N–H and O–H groups in total. The van der Waals surface area contributed by atoms with E-state index in [2.05, 4.69) is 31.5 Å². The average Bonchev–Trinajstić information content (AvgIpc) is 3.00. The Kier molecular flexibility index (Phi) is 2.93. The fourth-order valence-corrected chi connectivity index (χ4v) is 2.81. The van der Waals surface area contributed by atoms with Crippen LogP contribution in [-0.4, -0.2) is 20.2 Å². The summed E-state index contributed by atoms with van der Waals surface area (Å²) in [5, 5.41) is 12.1. The molecule has 1 aliphatic rings. The van der Waals surface area contributed by atoms with Crippen LogP contribution in [0.15, 0.2) is 28.7 Å². The molecular formula is C12H13BrN4. The summed E-state index contributed by atoms with van der Waals surface area (Å²) in [6.07, 6.45) is 4.98. The standard InChI is InChI=1S/C12H13BrN4/c13-10-6-3-7-11(8-10)17-12(14-15-16-17)9-4-1-2-5-9/h3,6-9H,1-2,4-5H2. The summed E-state index contributed by atoms with van der Waals surface area (Å²) in [6.45, 7) is 0. The normalized spacial score (nSPS) is 16.5. The van der Waals surface area contributed by atoms with Crippen molar-refractivity contribution in [1.29, 1.82) is 0 Å². The van der Waals surface area contributed by atoms with E-state index in [1.54, 1.807) is 0 Å². The summed E-state index contributed by atoms with van der Waals surface area (Å²) in [7, 11) is 0. The molecule has 17 heavy (non-hydrogen) atoms. The van der Waals surface area contributed by atoms with Crippen LogP contribution in [0, 0.1) is 0 Å². The van der Waals surface area contributed by atoms with Gasteiger partial charge in [-0.15, -0.1) is 5.10 Å². The number of hydrogen-bond acceptors (Lipinski definition) is 3. The first kappa shape index (κ1) is 10.9. The quantitative estimate of drug-likeness (QED) is 0.854. The Labute approximate surface area is 108 Å². The summed E-state index contributed by atoms with van der Waals surface area (Å²) in [5.41, 5.74) is 1.02. The molecule has 3 rings (SSSR count). The minimum Gasteiger partial charge on any atom is -0.197 e. The maximum Gasteiger partial charge on any atom is 0.159 e. The summed E-state index contributed by atoms with van der Waals surface area (Å²) < 4.78 is 2.91. The number of aromatic nitrogens is 4. The molecule has 1 aromatic carbocycles. The van der Waals surface area contributed by atoms with Crippen LogP contribution in [-0.2, 0) is 0 Å². The van der Waals surface area contributed by atoms with Crippen molar-refractivity contribution in [1.82, 2.24) is 20.2 Å². The zero-order chi connectivity index (χ0) is 11.7. The Balaban J connectivity index is 2.00. The van der Waals surface area contributed by atoms with E-state index in [1.165, 1.54) is 25.7 Å². The molecule has 4 nitrogen and oxygen atoms in total. The highest BCUT2D eigenvalue weighted by Gasteiger charge is 2.23. The minimum atomic E-state index is 0.518. The van der Waals surface area contributed by atoms with E-state index in [-0.39, 0.29) is 0 Å². The van der Waals surface area contributed by atoms with Crippen LogP contribution in [0.1, 0.15) is 37.4 Å². The molecule has 5 heteroatoms. The van der Waals surface area contributed by atoms with E-state index in [9.17, 15) is 0 Å². The summed E-state index contributed by atoms with van der Waals surface area (Å²) >= 11 is 3.47. The molecule has 0 amide bonds. The molecule has 1 heterocycles. The van der Waals surface area contributed by atoms with Crippen molar-refractivity contribution >= 4 is 15.9 Å². The lowest BCUT2D eigenvalue weighted by Crippen LogP contribution is -2.06. The fourth-order valence-electron chi connectivity index (χ4n) is 2.42. The lowest BCUT2D eigenvalue weighted by Gasteiger charge is -2.09. The Morgan fingerprint density at radius 3 is 2.82 bits per heavy atom. The van der Waals surface area contributed by atoms with Crippen LogP contribution < -0.4 is 0 Å². The molecule has 1 fully saturated rings. The predicted octanol–water partition coefficient (Wildman–Crippen LogP) is 3.08. The highest BCUT2D eigenvalue weighted by atomic mass is 79.9. The number of tetrazole rings is 1. The van der Waals surface area contributed by atoms with E-state index in [0.29, 0.717) is 5.92 Å². The van der Waals surface area contributed by atoms with Crippen LogP contribution in [0.25, 0.3) is 5.69 Å². The molecule has 1 aromatic heterocycles. The summed E-state index contributed by atoms with van der Waals surface area (Å²) in [5.74, 6) is 1.52. The van der Waals surface area contributed by atoms with Crippen molar-refractivity contribution in [3.8, 4) is 5.69 Å². The van der Waals surface area contributed by atoms with Gasteiger partial charge in [0, 0.05) is 10.4 Å². The topological polar surface area (TPSA) is 43.6 Å². The predicted molar refractivity (Wildman–Crippen MR) is 68.1 cm³/mol. The molecule has 88 valence electrons. The van der Waals surface area contributed by atoms with Gasteiger partial charge in [-0.1, -0.05) is 34.8 Å². The van der Waals surface area contributed by atoms with Crippen LogP contribution in [0.2, 0.25) is 0 Å². The second kappa shape index (κ2) is 4.56. The van der Waals surface area contributed by atoms with Crippen molar-refractivity contribution in [2.24, 2.45) is 0 Å². The molecule has 2 aromatic rings. The van der Waals surface area contributed by atoms with E-state index in [1.807, 2.05) is 28.9 Å². The molecule has 1 aliphatic carbocycles. The third kappa shape index (κ3) is 2.11. The number of rotatable bonds is 2. The van der Waals surface area contributed by atoms with Crippen molar-refractivity contribution in [2.75, 3.05) is 0 Å². The Morgan fingerprint density at radius 2 is 2.06 bits per heavy atom. The molecule has 0 bridgehead atoms. The molecule has 1 saturated carbocycles. The minimum absolute atomic E-state index is 0.518. The fraction of sp³-hybridized carbons (Fsp3) is 0.417. The van der Waals surface area contributed by atoms with Gasteiger partial charge in [-0.2, -0.15) is 4.68 Å². The van der Waals surface area contributed by atoms with Crippen molar-refractivity contribution in [3.05, 3.63) is 34.6 Å². The van der Waals surface area contributed by atoms with Crippen LogP contribution in [0.3, 0.4) is 0 Å².